The predicted molar refractivity (Wildman–Crippen MR) is 88.4 cm³/mol. The van der Waals surface area contributed by atoms with Crippen LogP contribution >= 0.6 is 22.9 Å². The molecule has 1 N–H and O–H groups in total. The number of ether oxygens (including phenoxy) is 1. The Labute approximate surface area is 140 Å². The van der Waals surface area contributed by atoms with E-state index in [0.717, 1.165) is 11.8 Å². The molecule has 0 saturated heterocycles. The summed E-state index contributed by atoms with van der Waals surface area (Å²) in [6.07, 6.45) is 6.54. The number of hydrogen-bond donors (Lipinski definition) is 1. The maximum absolute atomic E-state index is 12.3. The van der Waals surface area contributed by atoms with Crippen LogP contribution in [0.2, 0.25) is 4.34 Å². The van der Waals surface area contributed by atoms with Crippen LogP contribution in [0.3, 0.4) is 0 Å². The fourth-order valence-electron chi connectivity index (χ4n) is 5.42. The Kier molecular flexibility index (Phi) is 3.74. The highest BCUT2D eigenvalue weighted by Gasteiger charge is 2.57. The highest BCUT2D eigenvalue weighted by molar-refractivity contribution is 7.17. The second-order valence-corrected chi connectivity index (χ2v) is 8.97. The Morgan fingerprint density at radius 2 is 1.91 bits per heavy atom. The largest absolute Gasteiger partial charge is 0.376 e. The molecule has 0 spiro atoms. The van der Waals surface area contributed by atoms with E-state index in [1.54, 1.807) is 12.1 Å². The van der Waals surface area contributed by atoms with Crippen LogP contribution in [0.15, 0.2) is 12.1 Å². The molecular weight excluding hydrogens is 318 g/mol. The molecule has 4 fully saturated rings. The first-order valence-electron chi connectivity index (χ1n) is 8.19. The molecule has 0 aliphatic heterocycles. The van der Waals surface area contributed by atoms with Crippen LogP contribution < -0.4 is 5.32 Å². The molecule has 4 saturated carbocycles. The third-order valence-corrected chi connectivity index (χ3v) is 7.45. The van der Waals surface area contributed by atoms with E-state index < -0.39 is 0 Å². The van der Waals surface area contributed by atoms with Gasteiger partial charge in [0.1, 0.15) is 0 Å². The summed E-state index contributed by atoms with van der Waals surface area (Å²) in [6.45, 7) is 0.632. The summed E-state index contributed by atoms with van der Waals surface area (Å²) >= 11 is 7.25. The summed E-state index contributed by atoms with van der Waals surface area (Å²) in [7, 11) is 1.83. The molecule has 0 unspecified atom stereocenters. The van der Waals surface area contributed by atoms with Gasteiger partial charge in [0.15, 0.2) is 0 Å². The van der Waals surface area contributed by atoms with Gasteiger partial charge in [-0.1, -0.05) is 11.6 Å². The molecule has 4 aliphatic rings. The Balaban J connectivity index is 1.49. The summed E-state index contributed by atoms with van der Waals surface area (Å²) in [5.74, 6) is 3.00. The topological polar surface area (TPSA) is 38.3 Å². The van der Waals surface area contributed by atoms with Gasteiger partial charge >= 0.3 is 0 Å². The fraction of sp³-hybridized carbons (Fsp3) is 0.706. The van der Waals surface area contributed by atoms with Gasteiger partial charge < -0.3 is 10.1 Å². The summed E-state index contributed by atoms with van der Waals surface area (Å²) in [5.41, 5.74) is -0.149. The predicted octanol–water partition coefficient (Wildman–Crippen LogP) is 3.97. The van der Waals surface area contributed by atoms with Crippen molar-refractivity contribution in [2.24, 2.45) is 23.7 Å². The smallest absolute Gasteiger partial charge is 0.261 e. The standard InChI is InChI=1S/C17H22ClNO2S/c1-21-17(9-19-16(20)14-2-3-15(18)22-14)12-5-10-4-11(7-12)8-13(17)6-10/h2-3,10-13H,4-9H2,1H3,(H,19,20). The van der Waals surface area contributed by atoms with Crippen LogP contribution in [0.4, 0.5) is 0 Å². The molecule has 1 aromatic rings. The van der Waals surface area contributed by atoms with Crippen molar-refractivity contribution in [3.63, 3.8) is 0 Å². The minimum absolute atomic E-state index is 0.0258. The normalized spacial score (nSPS) is 39.2. The number of rotatable bonds is 4. The quantitative estimate of drug-likeness (QED) is 0.901. The number of thiophene rings is 1. The second kappa shape index (κ2) is 5.50. The van der Waals surface area contributed by atoms with Gasteiger partial charge in [-0.25, -0.2) is 0 Å². The lowest BCUT2D eigenvalue weighted by Gasteiger charge is -2.60. The van der Waals surface area contributed by atoms with Crippen molar-refractivity contribution in [1.82, 2.24) is 5.32 Å². The van der Waals surface area contributed by atoms with Crippen LogP contribution in [0.5, 0.6) is 0 Å². The molecule has 5 rings (SSSR count). The third-order valence-electron chi connectivity index (χ3n) is 6.22. The van der Waals surface area contributed by atoms with Gasteiger partial charge in [0, 0.05) is 13.7 Å². The van der Waals surface area contributed by atoms with E-state index in [4.69, 9.17) is 16.3 Å². The fourth-order valence-corrected chi connectivity index (χ4v) is 6.38. The van der Waals surface area contributed by atoms with Gasteiger partial charge in [0.2, 0.25) is 0 Å². The van der Waals surface area contributed by atoms with Gasteiger partial charge in [0.05, 0.1) is 14.8 Å². The zero-order valence-corrected chi connectivity index (χ0v) is 14.4. The number of nitrogens with one attached hydrogen (secondary N) is 1. The molecule has 3 nitrogen and oxygen atoms in total. The summed E-state index contributed by atoms with van der Waals surface area (Å²) in [5, 5.41) is 3.12. The van der Waals surface area contributed by atoms with Gasteiger partial charge in [-0.3, -0.25) is 4.79 Å². The molecule has 0 atom stereocenters. The number of hydrogen-bond acceptors (Lipinski definition) is 3. The molecule has 0 aromatic carbocycles. The van der Waals surface area contributed by atoms with Crippen molar-refractivity contribution in [3.05, 3.63) is 21.3 Å². The molecule has 1 amide bonds. The van der Waals surface area contributed by atoms with Gasteiger partial charge in [-0.15, -0.1) is 11.3 Å². The van der Waals surface area contributed by atoms with E-state index in [1.807, 2.05) is 7.11 Å². The Hall–Kier alpha value is -0.580. The van der Waals surface area contributed by atoms with E-state index >= 15 is 0 Å². The maximum atomic E-state index is 12.3. The number of carbonyl (C=O) groups is 1. The highest BCUT2D eigenvalue weighted by Crippen LogP contribution is 2.59. The number of halogens is 1. The highest BCUT2D eigenvalue weighted by atomic mass is 35.5. The molecule has 5 heteroatoms. The van der Waals surface area contributed by atoms with Crippen molar-refractivity contribution >= 4 is 28.8 Å². The van der Waals surface area contributed by atoms with Crippen molar-refractivity contribution in [2.75, 3.05) is 13.7 Å². The minimum atomic E-state index is -0.149. The van der Waals surface area contributed by atoms with Crippen LogP contribution in [-0.2, 0) is 4.74 Å². The average molecular weight is 340 g/mol. The van der Waals surface area contributed by atoms with Crippen LogP contribution in [-0.4, -0.2) is 25.2 Å². The summed E-state index contributed by atoms with van der Waals surface area (Å²) < 4.78 is 6.72. The van der Waals surface area contributed by atoms with E-state index in [2.05, 4.69) is 5.32 Å². The maximum Gasteiger partial charge on any atom is 0.261 e. The van der Waals surface area contributed by atoms with Crippen LogP contribution in [0.1, 0.15) is 41.8 Å². The molecule has 4 aliphatic carbocycles. The van der Waals surface area contributed by atoms with Crippen LogP contribution in [0, 0.1) is 23.7 Å². The van der Waals surface area contributed by atoms with E-state index in [1.165, 1.54) is 43.4 Å². The molecule has 22 heavy (non-hydrogen) atoms. The zero-order chi connectivity index (χ0) is 15.3. The number of methoxy groups -OCH3 is 1. The first-order valence-corrected chi connectivity index (χ1v) is 9.39. The SMILES string of the molecule is COC1(CNC(=O)c2ccc(Cl)s2)C2CC3CC(C2)CC1C3. The lowest BCUT2D eigenvalue weighted by molar-refractivity contribution is -0.186. The summed E-state index contributed by atoms with van der Waals surface area (Å²) in [4.78, 5) is 13.0. The Morgan fingerprint density at radius 3 is 2.41 bits per heavy atom. The monoisotopic (exact) mass is 339 g/mol. The van der Waals surface area contributed by atoms with Gasteiger partial charge in [0.25, 0.3) is 5.91 Å². The van der Waals surface area contributed by atoms with Gasteiger partial charge in [-0.2, -0.15) is 0 Å². The van der Waals surface area contributed by atoms with Crippen molar-refractivity contribution < 1.29 is 9.53 Å². The molecule has 120 valence electrons. The molecule has 1 heterocycles. The first kappa shape index (κ1) is 15.0. The van der Waals surface area contributed by atoms with Gasteiger partial charge in [-0.05, 0) is 67.9 Å². The van der Waals surface area contributed by atoms with Crippen molar-refractivity contribution in [3.8, 4) is 0 Å². The van der Waals surface area contributed by atoms with E-state index in [0.29, 0.717) is 27.6 Å². The zero-order valence-electron chi connectivity index (χ0n) is 12.8. The minimum Gasteiger partial charge on any atom is -0.376 e. The molecule has 1 aromatic heterocycles. The summed E-state index contributed by atoms with van der Waals surface area (Å²) in [6, 6.07) is 3.56. The third kappa shape index (κ3) is 2.31. The Bertz CT molecular complexity index is 557. The van der Waals surface area contributed by atoms with Crippen LogP contribution in [0.25, 0.3) is 0 Å². The first-order chi connectivity index (χ1) is 10.6. The van der Waals surface area contributed by atoms with Crippen molar-refractivity contribution in [2.45, 2.75) is 37.7 Å². The number of carbonyl (C=O) groups excluding carboxylic acids is 1. The second-order valence-electron chi connectivity index (χ2n) is 7.25. The van der Waals surface area contributed by atoms with E-state index in [-0.39, 0.29) is 11.5 Å². The molecular formula is C17H22ClNO2S. The lowest BCUT2D eigenvalue weighted by atomic mass is 9.49. The number of amides is 1. The Morgan fingerprint density at radius 1 is 1.27 bits per heavy atom. The lowest BCUT2D eigenvalue weighted by Crippen LogP contribution is -2.63. The molecule has 4 bridgehead atoms. The average Bonchev–Trinajstić information content (AvgIpc) is 2.93. The molecule has 0 radical (unpaired) electrons. The van der Waals surface area contributed by atoms with E-state index in [9.17, 15) is 4.79 Å². The van der Waals surface area contributed by atoms with Crippen molar-refractivity contribution in [1.29, 1.82) is 0 Å².